The number of carbonyl (C=O) groups is 3. The number of anilines is 1. The lowest BCUT2D eigenvalue weighted by atomic mass is 10.1. The maximum atomic E-state index is 12.2. The third-order valence-corrected chi connectivity index (χ3v) is 4.48. The SMILES string of the molecule is CCOC(=O)c1c(NC(=O)CCCCl)sc(C(=O)N(C)C)c1C. The number of hydrogen-bond donors (Lipinski definition) is 1. The van der Waals surface area contributed by atoms with Crippen molar-refractivity contribution in [2.75, 3.05) is 31.9 Å². The number of halogens is 1. The Bertz CT molecular complexity index is 599. The number of thiophene rings is 1. The van der Waals surface area contributed by atoms with Crippen LogP contribution in [-0.4, -0.2) is 49.3 Å². The first-order valence-corrected chi connectivity index (χ1v) is 8.56. The van der Waals surface area contributed by atoms with Gasteiger partial charge in [0.15, 0.2) is 0 Å². The van der Waals surface area contributed by atoms with Gasteiger partial charge in [0.2, 0.25) is 5.91 Å². The molecular formula is C15H21ClN2O4S. The van der Waals surface area contributed by atoms with Gasteiger partial charge in [-0.1, -0.05) is 0 Å². The van der Waals surface area contributed by atoms with E-state index in [4.69, 9.17) is 16.3 Å². The van der Waals surface area contributed by atoms with Crippen molar-refractivity contribution >= 4 is 45.7 Å². The second-order valence-corrected chi connectivity index (χ2v) is 6.42. The number of ether oxygens (including phenoxy) is 1. The molecule has 0 aromatic carbocycles. The van der Waals surface area contributed by atoms with Crippen molar-refractivity contribution in [3.63, 3.8) is 0 Å². The summed E-state index contributed by atoms with van der Waals surface area (Å²) >= 11 is 6.66. The monoisotopic (exact) mass is 360 g/mol. The van der Waals surface area contributed by atoms with E-state index in [9.17, 15) is 14.4 Å². The zero-order valence-electron chi connectivity index (χ0n) is 13.7. The number of nitrogens with zero attached hydrogens (tertiary/aromatic N) is 1. The van der Waals surface area contributed by atoms with Crippen molar-refractivity contribution in [1.29, 1.82) is 0 Å². The average Bonchev–Trinajstić information content (AvgIpc) is 2.80. The summed E-state index contributed by atoms with van der Waals surface area (Å²) in [6.07, 6.45) is 0.787. The summed E-state index contributed by atoms with van der Waals surface area (Å²) in [4.78, 5) is 38.1. The van der Waals surface area contributed by atoms with Crippen molar-refractivity contribution in [2.45, 2.75) is 26.7 Å². The molecule has 0 fully saturated rings. The van der Waals surface area contributed by atoms with Crippen molar-refractivity contribution in [2.24, 2.45) is 0 Å². The highest BCUT2D eigenvalue weighted by Crippen LogP contribution is 2.34. The molecule has 128 valence electrons. The molecule has 0 aliphatic carbocycles. The molecule has 8 heteroatoms. The summed E-state index contributed by atoms with van der Waals surface area (Å²) in [5.74, 6) is -0.640. The quantitative estimate of drug-likeness (QED) is 0.599. The maximum Gasteiger partial charge on any atom is 0.341 e. The highest BCUT2D eigenvalue weighted by atomic mass is 35.5. The molecule has 6 nitrogen and oxygen atoms in total. The molecule has 23 heavy (non-hydrogen) atoms. The number of amides is 2. The second kappa shape index (κ2) is 8.88. The lowest BCUT2D eigenvalue weighted by molar-refractivity contribution is -0.116. The zero-order chi connectivity index (χ0) is 17.6. The van der Waals surface area contributed by atoms with Gasteiger partial charge in [-0.25, -0.2) is 4.79 Å². The minimum atomic E-state index is -0.549. The fraction of sp³-hybridized carbons (Fsp3) is 0.533. The molecule has 1 rings (SSSR count). The Balaban J connectivity index is 3.20. The first-order chi connectivity index (χ1) is 10.8. The molecule has 1 N–H and O–H groups in total. The minimum absolute atomic E-state index is 0.213. The van der Waals surface area contributed by atoms with Gasteiger partial charge in [-0.2, -0.15) is 0 Å². The molecule has 0 aliphatic heterocycles. The first kappa shape index (κ1) is 19.4. The van der Waals surface area contributed by atoms with Gasteiger partial charge in [-0.3, -0.25) is 9.59 Å². The summed E-state index contributed by atoms with van der Waals surface area (Å²) in [6.45, 7) is 3.59. The number of alkyl halides is 1. The van der Waals surface area contributed by atoms with Crippen LogP contribution < -0.4 is 5.32 Å². The number of rotatable bonds is 7. The summed E-state index contributed by atoms with van der Waals surface area (Å²) < 4.78 is 5.04. The van der Waals surface area contributed by atoms with Crippen LogP contribution in [0.25, 0.3) is 0 Å². The maximum absolute atomic E-state index is 12.2. The highest BCUT2D eigenvalue weighted by molar-refractivity contribution is 7.18. The van der Waals surface area contributed by atoms with E-state index < -0.39 is 5.97 Å². The van der Waals surface area contributed by atoms with E-state index in [1.165, 1.54) is 4.90 Å². The van der Waals surface area contributed by atoms with Crippen LogP contribution in [0.5, 0.6) is 0 Å². The van der Waals surface area contributed by atoms with Crippen molar-refractivity contribution in [3.8, 4) is 0 Å². The molecule has 0 aliphatic rings. The minimum Gasteiger partial charge on any atom is -0.462 e. The van der Waals surface area contributed by atoms with Gasteiger partial charge in [0.05, 0.1) is 17.0 Å². The summed E-state index contributed by atoms with van der Waals surface area (Å²) in [7, 11) is 3.26. The van der Waals surface area contributed by atoms with Crippen LogP contribution in [-0.2, 0) is 9.53 Å². The Labute approximate surface area is 144 Å². The van der Waals surface area contributed by atoms with Gasteiger partial charge in [-0.05, 0) is 25.8 Å². The number of esters is 1. The van der Waals surface area contributed by atoms with Crippen LogP contribution >= 0.6 is 22.9 Å². The van der Waals surface area contributed by atoms with E-state index in [0.717, 1.165) is 11.3 Å². The molecular weight excluding hydrogens is 340 g/mol. The molecule has 0 spiro atoms. The molecule has 0 atom stereocenters. The van der Waals surface area contributed by atoms with Crippen molar-refractivity contribution in [1.82, 2.24) is 4.90 Å². The Kier molecular flexibility index (Phi) is 7.51. The van der Waals surface area contributed by atoms with E-state index >= 15 is 0 Å². The lowest BCUT2D eigenvalue weighted by Gasteiger charge is -2.09. The summed E-state index contributed by atoms with van der Waals surface area (Å²) in [5, 5.41) is 3.03. The van der Waals surface area contributed by atoms with Crippen LogP contribution in [0.4, 0.5) is 5.00 Å². The third-order valence-electron chi connectivity index (χ3n) is 3.02. The Morgan fingerprint density at radius 1 is 1.30 bits per heavy atom. The van der Waals surface area contributed by atoms with Crippen LogP contribution in [0.15, 0.2) is 0 Å². The van der Waals surface area contributed by atoms with Crippen LogP contribution in [0.2, 0.25) is 0 Å². The molecule has 1 aromatic heterocycles. The molecule has 0 saturated heterocycles. The van der Waals surface area contributed by atoms with Crippen molar-refractivity contribution in [3.05, 3.63) is 16.0 Å². The van der Waals surface area contributed by atoms with E-state index in [2.05, 4.69) is 5.32 Å². The molecule has 2 amide bonds. The normalized spacial score (nSPS) is 10.3. The smallest absolute Gasteiger partial charge is 0.341 e. The van der Waals surface area contributed by atoms with Crippen LogP contribution in [0.3, 0.4) is 0 Å². The zero-order valence-corrected chi connectivity index (χ0v) is 15.3. The predicted molar refractivity (Wildman–Crippen MR) is 91.6 cm³/mol. The van der Waals surface area contributed by atoms with Gasteiger partial charge in [0.25, 0.3) is 5.91 Å². The Morgan fingerprint density at radius 3 is 2.48 bits per heavy atom. The van der Waals surface area contributed by atoms with Crippen LogP contribution in [0.1, 0.15) is 45.4 Å². The largest absolute Gasteiger partial charge is 0.462 e. The van der Waals surface area contributed by atoms with Gasteiger partial charge < -0.3 is 15.0 Å². The molecule has 0 saturated carbocycles. The molecule has 0 unspecified atom stereocenters. The standard InChI is InChI=1S/C15H21ClN2O4S/c1-5-22-15(21)11-9(2)12(14(20)18(3)4)23-13(11)17-10(19)7-6-8-16/h5-8H2,1-4H3,(H,17,19). The Hall–Kier alpha value is -1.60. The topological polar surface area (TPSA) is 75.7 Å². The highest BCUT2D eigenvalue weighted by Gasteiger charge is 2.27. The number of carbonyl (C=O) groups excluding carboxylic acids is 3. The van der Waals surface area contributed by atoms with Gasteiger partial charge in [-0.15, -0.1) is 22.9 Å². The van der Waals surface area contributed by atoms with E-state index in [1.807, 2.05) is 0 Å². The average molecular weight is 361 g/mol. The fourth-order valence-electron chi connectivity index (χ4n) is 1.87. The summed E-state index contributed by atoms with van der Waals surface area (Å²) in [5.41, 5.74) is 0.751. The van der Waals surface area contributed by atoms with Crippen molar-refractivity contribution < 1.29 is 19.1 Å². The molecule has 0 radical (unpaired) electrons. The van der Waals surface area contributed by atoms with Gasteiger partial charge in [0.1, 0.15) is 5.00 Å². The van der Waals surface area contributed by atoms with E-state index in [-0.39, 0.29) is 30.4 Å². The van der Waals surface area contributed by atoms with Gasteiger partial charge in [0, 0.05) is 26.4 Å². The van der Waals surface area contributed by atoms with Gasteiger partial charge >= 0.3 is 5.97 Å². The number of nitrogens with one attached hydrogen (secondary N) is 1. The second-order valence-electron chi connectivity index (χ2n) is 5.02. The fourth-order valence-corrected chi connectivity index (χ4v) is 3.24. The van der Waals surface area contributed by atoms with E-state index in [1.54, 1.807) is 27.9 Å². The number of hydrogen-bond acceptors (Lipinski definition) is 5. The first-order valence-electron chi connectivity index (χ1n) is 7.21. The summed E-state index contributed by atoms with van der Waals surface area (Å²) in [6, 6.07) is 0. The van der Waals surface area contributed by atoms with E-state index in [0.29, 0.717) is 27.7 Å². The lowest BCUT2D eigenvalue weighted by Crippen LogP contribution is -2.21. The molecule has 1 aromatic rings. The molecule has 1 heterocycles. The predicted octanol–water partition coefficient (Wildman–Crippen LogP) is 2.89. The Morgan fingerprint density at radius 2 is 1.96 bits per heavy atom. The third kappa shape index (κ3) is 4.94. The molecule has 0 bridgehead atoms. The van der Waals surface area contributed by atoms with Crippen LogP contribution in [0, 0.1) is 6.92 Å².